The summed E-state index contributed by atoms with van der Waals surface area (Å²) in [7, 11) is 0. The van der Waals surface area contributed by atoms with Crippen LogP contribution in [0, 0.1) is 13.5 Å². The molecule has 2 unspecified atom stereocenters. The Morgan fingerprint density at radius 3 is 2.94 bits per heavy atom. The third-order valence-electron chi connectivity index (χ3n) is 3.64. The van der Waals surface area contributed by atoms with Crippen LogP contribution in [0.3, 0.4) is 0 Å². The lowest BCUT2D eigenvalue weighted by atomic mass is 9.75. The van der Waals surface area contributed by atoms with Crippen LogP contribution in [0.15, 0.2) is 18.2 Å². The van der Waals surface area contributed by atoms with Gasteiger partial charge in [-0.05, 0) is 37.3 Å². The van der Waals surface area contributed by atoms with Crippen LogP contribution in [-0.2, 0) is 10.3 Å². The molecule has 1 fully saturated rings. The quantitative estimate of drug-likeness (QED) is 0.740. The van der Waals surface area contributed by atoms with Gasteiger partial charge < -0.3 is 10.8 Å². The predicted octanol–water partition coefficient (Wildman–Crippen LogP) is 1.81. The number of nitrogens with zero attached hydrogens (tertiary/aromatic N) is 1. The lowest BCUT2D eigenvalue weighted by Gasteiger charge is -2.35. The van der Waals surface area contributed by atoms with Crippen molar-refractivity contribution in [2.75, 3.05) is 0 Å². The maximum Gasteiger partial charge on any atom is 0.190 e. The second-order valence-corrected chi connectivity index (χ2v) is 4.86. The summed E-state index contributed by atoms with van der Waals surface area (Å²) in [5.74, 6) is -0.339. The number of carbonyl (C=O) groups excluding carboxylic acids is 1. The number of Topliss-reactive ketones (excluding diaryl/α,β-unsaturated/α-hetero) is 1. The van der Waals surface area contributed by atoms with Crippen LogP contribution in [0.4, 0.5) is 5.69 Å². The molecule has 0 heterocycles. The number of aliphatic hydroxyl groups is 1. The second-order valence-electron chi connectivity index (χ2n) is 4.86. The predicted molar refractivity (Wildman–Crippen MR) is 68.2 cm³/mol. The molecule has 1 aliphatic carbocycles. The van der Waals surface area contributed by atoms with Gasteiger partial charge in [0.1, 0.15) is 11.6 Å². The van der Waals surface area contributed by atoms with Crippen LogP contribution >= 0.6 is 0 Å². The highest BCUT2D eigenvalue weighted by molar-refractivity contribution is 5.93. The number of nitrogens with two attached hydrogens (primary N) is 1. The van der Waals surface area contributed by atoms with E-state index in [0.717, 1.165) is 5.56 Å². The van der Waals surface area contributed by atoms with E-state index in [-0.39, 0.29) is 5.78 Å². The van der Waals surface area contributed by atoms with Gasteiger partial charge in [-0.1, -0.05) is 18.2 Å². The summed E-state index contributed by atoms with van der Waals surface area (Å²) >= 11 is 0. The Kier molecular flexibility index (Phi) is 3.20. The Balaban J connectivity index is 2.47. The van der Waals surface area contributed by atoms with Gasteiger partial charge in [0.2, 0.25) is 0 Å². The maximum absolute atomic E-state index is 12.1. The fourth-order valence-corrected chi connectivity index (χ4v) is 2.42. The summed E-state index contributed by atoms with van der Waals surface area (Å²) in [4.78, 5) is 15.5. The van der Waals surface area contributed by atoms with Gasteiger partial charge in [0.15, 0.2) is 11.5 Å². The van der Waals surface area contributed by atoms with Crippen molar-refractivity contribution in [1.29, 1.82) is 0 Å². The molecule has 0 spiro atoms. The standard InChI is InChI=1S/C14H16N2O2/c1-9-5-6-10(8-11(9)16-2)14(15)7-3-4-12(17)13(14)18/h5-6,8,12,17H,3-4,7,15H2,1H3. The topological polar surface area (TPSA) is 67.7 Å². The van der Waals surface area contributed by atoms with Crippen molar-refractivity contribution >= 4 is 11.5 Å². The molecule has 18 heavy (non-hydrogen) atoms. The minimum atomic E-state index is -1.15. The van der Waals surface area contributed by atoms with Crippen molar-refractivity contribution in [2.45, 2.75) is 37.8 Å². The number of hydrogen-bond acceptors (Lipinski definition) is 3. The van der Waals surface area contributed by atoms with Gasteiger partial charge in [0.05, 0.1) is 6.57 Å². The monoisotopic (exact) mass is 244 g/mol. The molecule has 94 valence electrons. The molecule has 0 radical (unpaired) electrons. The summed E-state index contributed by atoms with van der Waals surface area (Å²) in [5.41, 5.74) is 7.02. The van der Waals surface area contributed by atoms with Gasteiger partial charge in [-0.25, -0.2) is 4.85 Å². The number of rotatable bonds is 1. The Bertz CT molecular complexity index is 533. The van der Waals surface area contributed by atoms with E-state index in [1.54, 1.807) is 18.2 Å². The third-order valence-corrected chi connectivity index (χ3v) is 3.64. The van der Waals surface area contributed by atoms with Gasteiger partial charge >= 0.3 is 0 Å². The number of ketones is 1. The van der Waals surface area contributed by atoms with Gasteiger partial charge in [-0.2, -0.15) is 0 Å². The van der Waals surface area contributed by atoms with Crippen molar-refractivity contribution in [3.05, 3.63) is 40.7 Å². The summed E-state index contributed by atoms with van der Waals surface area (Å²) in [6.07, 6.45) is 0.717. The minimum Gasteiger partial charge on any atom is -0.385 e. The van der Waals surface area contributed by atoms with E-state index in [4.69, 9.17) is 12.3 Å². The Labute approximate surface area is 106 Å². The molecule has 1 aliphatic rings. The Morgan fingerprint density at radius 1 is 1.56 bits per heavy atom. The van der Waals surface area contributed by atoms with Gasteiger partial charge in [-0.15, -0.1) is 0 Å². The molecule has 3 N–H and O–H groups in total. The van der Waals surface area contributed by atoms with Crippen molar-refractivity contribution in [2.24, 2.45) is 5.73 Å². The first-order valence-corrected chi connectivity index (χ1v) is 5.99. The molecule has 4 nitrogen and oxygen atoms in total. The minimum absolute atomic E-state index is 0.339. The maximum atomic E-state index is 12.1. The Hall–Kier alpha value is -1.70. The second kappa shape index (κ2) is 4.52. The van der Waals surface area contributed by atoms with E-state index in [1.165, 1.54) is 0 Å². The molecule has 1 aromatic carbocycles. The summed E-state index contributed by atoms with van der Waals surface area (Å²) < 4.78 is 0. The molecule has 0 aromatic heterocycles. The van der Waals surface area contributed by atoms with Gasteiger partial charge in [-0.3, -0.25) is 4.79 Å². The third kappa shape index (κ3) is 1.92. The average Bonchev–Trinajstić information content (AvgIpc) is 2.36. The highest BCUT2D eigenvalue weighted by atomic mass is 16.3. The Morgan fingerprint density at radius 2 is 2.28 bits per heavy atom. The van der Waals surface area contributed by atoms with Crippen LogP contribution in [0.25, 0.3) is 4.85 Å². The van der Waals surface area contributed by atoms with Crippen molar-refractivity contribution in [3.8, 4) is 0 Å². The van der Waals surface area contributed by atoms with Crippen molar-refractivity contribution in [3.63, 3.8) is 0 Å². The van der Waals surface area contributed by atoms with Crippen LogP contribution in [0.5, 0.6) is 0 Å². The lowest BCUT2D eigenvalue weighted by molar-refractivity contribution is -0.136. The van der Waals surface area contributed by atoms with Crippen LogP contribution in [0.1, 0.15) is 30.4 Å². The van der Waals surface area contributed by atoms with Crippen molar-refractivity contribution in [1.82, 2.24) is 0 Å². The zero-order valence-electron chi connectivity index (χ0n) is 10.3. The molecule has 1 aromatic rings. The first-order valence-electron chi connectivity index (χ1n) is 5.99. The zero-order chi connectivity index (χ0) is 13.3. The van der Waals surface area contributed by atoms with Gasteiger partial charge in [0, 0.05) is 0 Å². The first kappa shape index (κ1) is 12.7. The number of aryl methyl sites for hydroxylation is 1. The SMILES string of the molecule is [C-]#[N+]c1cc(C2(N)CCCC(O)C2=O)ccc1C. The van der Waals surface area contributed by atoms with E-state index in [2.05, 4.69) is 4.85 Å². The summed E-state index contributed by atoms with van der Waals surface area (Å²) in [6.45, 7) is 8.94. The molecule has 2 atom stereocenters. The fourth-order valence-electron chi connectivity index (χ4n) is 2.42. The van der Waals surface area contributed by atoms with Crippen LogP contribution in [-0.4, -0.2) is 17.0 Å². The number of hydrogen-bond donors (Lipinski definition) is 2. The number of benzene rings is 1. The van der Waals surface area contributed by atoms with E-state index in [0.29, 0.717) is 30.5 Å². The fraction of sp³-hybridized carbons (Fsp3) is 0.429. The number of aliphatic hydroxyl groups excluding tert-OH is 1. The molecule has 0 amide bonds. The van der Waals surface area contributed by atoms with Crippen LogP contribution in [0.2, 0.25) is 0 Å². The van der Waals surface area contributed by atoms with E-state index in [1.807, 2.05) is 6.92 Å². The molecule has 2 rings (SSSR count). The largest absolute Gasteiger partial charge is 0.385 e. The molecular formula is C14H16N2O2. The zero-order valence-corrected chi connectivity index (χ0v) is 10.3. The summed E-state index contributed by atoms with van der Waals surface area (Å²) in [5, 5.41) is 9.67. The van der Waals surface area contributed by atoms with E-state index >= 15 is 0 Å². The molecule has 0 aliphatic heterocycles. The van der Waals surface area contributed by atoms with Crippen LogP contribution < -0.4 is 5.73 Å². The van der Waals surface area contributed by atoms with E-state index in [9.17, 15) is 9.90 Å². The first-order chi connectivity index (χ1) is 8.49. The summed E-state index contributed by atoms with van der Waals surface area (Å²) in [6, 6.07) is 5.24. The molecule has 0 saturated heterocycles. The lowest BCUT2D eigenvalue weighted by Crippen LogP contribution is -2.52. The molecular weight excluding hydrogens is 228 g/mol. The normalized spacial score (nSPS) is 27.9. The van der Waals surface area contributed by atoms with E-state index < -0.39 is 11.6 Å². The average molecular weight is 244 g/mol. The number of carbonyl (C=O) groups is 1. The van der Waals surface area contributed by atoms with Gasteiger partial charge in [0.25, 0.3) is 0 Å². The van der Waals surface area contributed by atoms with Crippen molar-refractivity contribution < 1.29 is 9.90 Å². The molecule has 4 heteroatoms. The smallest absolute Gasteiger partial charge is 0.190 e. The molecule has 1 saturated carbocycles. The highest BCUT2D eigenvalue weighted by Crippen LogP contribution is 2.34. The highest BCUT2D eigenvalue weighted by Gasteiger charge is 2.42. The molecule has 0 bridgehead atoms.